The predicted molar refractivity (Wildman–Crippen MR) is 62.1 cm³/mol. The highest BCUT2D eigenvalue weighted by Gasteiger charge is 2.26. The lowest BCUT2D eigenvalue weighted by atomic mass is 9.95. The van der Waals surface area contributed by atoms with E-state index in [2.05, 4.69) is 26.6 Å². The third-order valence-electron chi connectivity index (χ3n) is 2.54. The molecule has 1 fully saturated rings. The van der Waals surface area contributed by atoms with Gasteiger partial charge in [-0.25, -0.2) is 0 Å². The average Bonchev–Trinajstić information content (AvgIpc) is 2.06. The molecule has 0 bridgehead atoms. The molecule has 1 rings (SSSR count). The first-order valence-corrected chi connectivity index (χ1v) is 9.21. The summed E-state index contributed by atoms with van der Waals surface area (Å²) in [7, 11) is -1.33. The molecule has 0 spiro atoms. The smallest absolute Gasteiger partial charge is 0.184 e. The fraction of sp³-hybridized carbons (Fsp3) is 1.00. The van der Waals surface area contributed by atoms with E-state index in [0.29, 0.717) is 12.2 Å². The summed E-state index contributed by atoms with van der Waals surface area (Å²) in [4.78, 5) is 0. The molecule has 0 amide bonds. The van der Waals surface area contributed by atoms with Gasteiger partial charge in [0.25, 0.3) is 0 Å². The summed E-state index contributed by atoms with van der Waals surface area (Å²) in [5.41, 5.74) is 0. The molecule has 0 saturated heterocycles. The normalized spacial score (nSPS) is 29.1. The molecular formula is C11H24O2Si. The SMILES string of the molecule is CCOC1CCC(O[Si](C)(C)C)CC1. The van der Waals surface area contributed by atoms with Crippen molar-refractivity contribution in [3.05, 3.63) is 0 Å². The third-order valence-corrected chi connectivity index (χ3v) is 3.58. The second kappa shape index (κ2) is 5.28. The first kappa shape index (κ1) is 12.2. The fourth-order valence-electron chi connectivity index (χ4n) is 2.05. The van der Waals surface area contributed by atoms with Gasteiger partial charge < -0.3 is 9.16 Å². The van der Waals surface area contributed by atoms with Gasteiger partial charge in [-0.05, 0) is 52.2 Å². The zero-order valence-corrected chi connectivity index (χ0v) is 11.0. The Bertz CT molecular complexity index is 157. The molecule has 0 aromatic carbocycles. The van der Waals surface area contributed by atoms with Crippen LogP contribution in [0.4, 0.5) is 0 Å². The van der Waals surface area contributed by atoms with Gasteiger partial charge in [-0.2, -0.15) is 0 Å². The molecule has 84 valence electrons. The lowest BCUT2D eigenvalue weighted by molar-refractivity contribution is 0.00706. The molecule has 0 radical (unpaired) electrons. The van der Waals surface area contributed by atoms with Crippen LogP contribution in [-0.4, -0.2) is 27.1 Å². The van der Waals surface area contributed by atoms with E-state index in [0.717, 1.165) is 6.61 Å². The maximum absolute atomic E-state index is 6.09. The van der Waals surface area contributed by atoms with Gasteiger partial charge in [0.15, 0.2) is 8.32 Å². The van der Waals surface area contributed by atoms with Crippen molar-refractivity contribution in [2.75, 3.05) is 6.61 Å². The molecular weight excluding hydrogens is 192 g/mol. The largest absolute Gasteiger partial charge is 0.415 e. The van der Waals surface area contributed by atoms with Crippen LogP contribution in [0, 0.1) is 0 Å². The van der Waals surface area contributed by atoms with E-state index in [9.17, 15) is 0 Å². The summed E-state index contributed by atoms with van der Waals surface area (Å²) in [6.07, 6.45) is 5.76. The van der Waals surface area contributed by atoms with Crippen molar-refractivity contribution in [2.45, 2.75) is 64.5 Å². The first-order valence-electron chi connectivity index (χ1n) is 5.80. The highest BCUT2D eigenvalue weighted by atomic mass is 28.4. The number of ether oxygens (including phenoxy) is 1. The molecule has 1 saturated carbocycles. The summed E-state index contributed by atoms with van der Waals surface area (Å²) in [5, 5.41) is 0. The molecule has 1 aliphatic carbocycles. The lowest BCUT2D eigenvalue weighted by Gasteiger charge is -2.32. The number of hydrogen-bond acceptors (Lipinski definition) is 2. The van der Waals surface area contributed by atoms with E-state index in [1.807, 2.05) is 0 Å². The molecule has 0 heterocycles. The quantitative estimate of drug-likeness (QED) is 0.672. The monoisotopic (exact) mass is 216 g/mol. The maximum Gasteiger partial charge on any atom is 0.184 e. The zero-order valence-electron chi connectivity index (χ0n) is 10.0. The van der Waals surface area contributed by atoms with Gasteiger partial charge >= 0.3 is 0 Å². The molecule has 0 unspecified atom stereocenters. The van der Waals surface area contributed by atoms with Crippen molar-refractivity contribution < 1.29 is 9.16 Å². The summed E-state index contributed by atoms with van der Waals surface area (Å²) in [6.45, 7) is 9.72. The highest BCUT2D eigenvalue weighted by molar-refractivity contribution is 6.69. The van der Waals surface area contributed by atoms with Crippen molar-refractivity contribution in [3.63, 3.8) is 0 Å². The molecule has 0 aliphatic heterocycles. The van der Waals surface area contributed by atoms with E-state index < -0.39 is 8.32 Å². The third kappa shape index (κ3) is 4.58. The standard InChI is InChI=1S/C11H24O2Si/c1-5-12-10-6-8-11(9-7-10)13-14(2,3)4/h10-11H,5-9H2,1-4H3. The minimum absolute atomic E-state index is 0.501. The summed E-state index contributed by atoms with van der Waals surface area (Å²) >= 11 is 0. The van der Waals surface area contributed by atoms with E-state index in [4.69, 9.17) is 9.16 Å². The van der Waals surface area contributed by atoms with Crippen LogP contribution in [0.2, 0.25) is 19.6 Å². The summed E-state index contributed by atoms with van der Waals surface area (Å²) in [5.74, 6) is 0. The van der Waals surface area contributed by atoms with Crippen LogP contribution < -0.4 is 0 Å². The second-order valence-electron chi connectivity index (χ2n) is 5.08. The Morgan fingerprint density at radius 2 is 1.50 bits per heavy atom. The molecule has 1 aliphatic rings. The highest BCUT2D eigenvalue weighted by Crippen LogP contribution is 2.25. The van der Waals surface area contributed by atoms with Gasteiger partial charge in [0, 0.05) is 12.7 Å². The van der Waals surface area contributed by atoms with Gasteiger partial charge in [-0.3, -0.25) is 0 Å². The minimum Gasteiger partial charge on any atom is -0.415 e. The van der Waals surface area contributed by atoms with E-state index >= 15 is 0 Å². The Labute approximate surface area is 89.1 Å². The van der Waals surface area contributed by atoms with Gasteiger partial charge in [0.05, 0.1) is 6.10 Å². The molecule has 14 heavy (non-hydrogen) atoms. The molecule has 0 aromatic heterocycles. The maximum atomic E-state index is 6.09. The fourth-order valence-corrected chi connectivity index (χ4v) is 3.29. The Kier molecular flexibility index (Phi) is 4.61. The van der Waals surface area contributed by atoms with Crippen LogP contribution in [0.25, 0.3) is 0 Å². The predicted octanol–water partition coefficient (Wildman–Crippen LogP) is 3.19. The van der Waals surface area contributed by atoms with E-state index in [1.54, 1.807) is 0 Å². The van der Waals surface area contributed by atoms with Crippen molar-refractivity contribution >= 4 is 8.32 Å². The minimum atomic E-state index is -1.33. The van der Waals surface area contributed by atoms with Crippen LogP contribution in [-0.2, 0) is 9.16 Å². The van der Waals surface area contributed by atoms with Crippen molar-refractivity contribution in [1.29, 1.82) is 0 Å². The molecule has 0 aromatic rings. The van der Waals surface area contributed by atoms with Gasteiger partial charge in [0.1, 0.15) is 0 Å². The number of rotatable bonds is 4. The zero-order chi connectivity index (χ0) is 10.6. The van der Waals surface area contributed by atoms with Crippen molar-refractivity contribution in [3.8, 4) is 0 Å². The van der Waals surface area contributed by atoms with Crippen LogP contribution in [0.1, 0.15) is 32.6 Å². The number of hydrogen-bond donors (Lipinski definition) is 0. The lowest BCUT2D eigenvalue weighted by Crippen LogP contribution is -2.35. The van der Waals surface area contributed by atoms with Crippen molar-refractivity contribution in [2.24, 2.45) is 0 Å². The Morgan fingerprint density at radius 1 is 1.00 bits per heavy atom. The summed E-state index contributed by atoms with van der Waals surface area (Å²) in [6, 6.07) is 0. The summed E-state index contributed by atoms with van der Waals surface area (Å²) < 4.78 is 11.7. The van der Waals surface area contributed by atoms with Crippen LogP contribution in [0.5, 0.6) is 0 Å². The van der Waals surface area contributed by atoms with Crippen molar-refractivity contribution in [1.82, 2.24) is 0 Å². The first-order chi connectivity index (χ1) is 6.51. The van der Waals surface area contributed by atoms with Gasteiger partial charge in [-0.1, -0.05) is 0 Å². The van der Waals surface area contributed by atoms with Crippen LogP contribution in [0.15, 0.2) is 0 Å². The molecule has 0 atom stereocenters. The molecule has 0 N–H and O–H groups in total. The average molecular weight is 216 g/mol. The Morgan fingerprint density at radius 3 is 1.93 bits per heavy atom. The van der Waals surface area contributed by atoms with Crippen LogP contribution in [0.3, 0.4) is 0 Å². The van der Waals surface area contributed by atoms with Crippen LogP contribution >= 0.6 is 0 Å². The van der Waals surface area contributed by atoms with Gasteiger partial charge in [-0.15, -0.1) is 0 Å². The molecule has 3 heteroatoms. The van der Waals surface area contributed by atoms with E-state index in [1.165, 1.54) is 25.7 Å². The Balaban J connectivity index is 2.22. The van der Waals surface area contributed by atoms with E-state index in [-0.39, 0.29) is 0 Å². The Hall–Kier alpha value is 0.137. The van der Waals surface area contributed by atoms with Gasteiger partial charge in [0.2, 0.25) is 0 Å². The molecule has 2 nitrogen and oxygen atoms in total. The second-order valence-corrected chi connectivity index (χ2v) is 9.54. The topological polar surface area (TPSA) is 18.5 Å².